The average molecular weight is 520 g/mol. The van der Waals surface area contributed by atoms with Gasteiger partial charge in [0.05, 0.1) is 11.5 Å². The van der Waals surface area contributed by atoms with Crippen LogP contribution in [0.15, 0.2) is 28.6 Å². The van der Waals surface area contributed by atoms with Crippen LogP contribution >= 0.6 is 11.8 Å². The Morgan fingerprint density at radius 3 is 2.50 bits per heavy atom. The van der Waals surface area contributed by atoms with Crippen molar-refractivity contribution in [3.8, 4) is 5.75 Å². The number of carbonyl (C=O) groups is 1. The van der Waals surface area contributed by atoms with Gasteiger partial charge in [0.25, 0.3) is 5.91 Å². The topological polar surface area (TPSA) is 66.5 Å². The normalized spacial score (nSPS) is 20.3. The summed E-state index contributed by atoms with van der Waals surface area (Å²) in [4.78, 5) is 15.2. The fourth-order valence-corrected chi connectivity index (χ4v) is 4.99. The third kappa shape index (κ3) is 7.35. The van der Waals surface area contributed by atoms with Crippen molar-refractivity contribution in [2.75, 3.05) is 41.0 Å². The summed E-state index contributed by atoms with van der Waals surface area (Å²) in [5, 5.41) is 1.90. The number of hydrogen-bond acceptors (Lipinski definition) is 7. The number of amides is 1. The van der Waals surface area contributed by atoms with Crippen molar-refractivity contribution in [3.63, 3.8) is 0 Å². The lowest BCUT2D eigenvalue weighted by molar-refractivity contribution is -0.170. The molecule has 0 saturated carbocycles. The molecule has 0 N–H and O–H groups in total. The van der Waals surface area contributed by atoms with Crippen LogP contribution in [0.25, 0.3) is 6.08 Å². The van der Waals surface area contributed by atoms with Gasteiger partial charge in [-0.3, -0.25) is 9.69 Å². The zero-order chi connectivity index (χ0) is 26.3. The SMILES string of the molecule is COCOc1c(C(C)(C)C)cc(C=C2SC=CN(COC)C2=O)cc1C(C)(C)COC1CCCCO1. The number of benzene rings is 1. The van der Waals surface area contributed by atoms with Gasteiger partial charge in [0.1, 0.15) is 12.5 Å². The molecular formula is C28H41NO6S. The number of ether oxygens (including phenoxy) is 5. The van der Waals surface area contributed by atoms with Crippen LogP contribution in [0.1, 0.15) is 70.6 Å². The summed E-state index contributed by atoms with van der Waals surface area (Å²) < 4.78 is 28.7. The highest BCUT2D eigenvalue weighted by Gasteiger charge is 2.32. The lowest BCUT2D eigenvalue weighted by Gasteiger charge is -2.34. The van der Waals surface area contributed by atoms with E-state index >= 15 is 0 Å². The van der Waals surface area contributed by atoms with E-state index < -0.39 is 0 Å². The quantitative estimate of drug-likeness (QED) is 0.287. The van der Waals surface area contributed by atoms with Gasteiger partial charge >= 0.3 is 0 Å². The summed E-state index contributed by atoms with van der Waals surface area (Å²) in [5.41, 5.74) is 2.40. The molecule has 1 atom stereocenters. The zero-order valence-corrected chi connectivity index (χ0v) is 23.5. The molecule has 1 saturated heterocycles. The lowest BCUT2D eigenvalue weighted by atomic mass is 9.77. The number of rotatable bonds is 10. The number of nitrogens with zero attached hydrogens (tertiary/aromatic N) is 1. The Kier molecular flexibility index (Phi) is 10.1. The molecule has 2 heterocycles. The Bertz CT molecular complexity index is 960. The van der Waals surface area contributed by atoms with Crippen molar-refractivity contribution in [1.29, 1.82) is 0 Å². The van der Waals surface area contributed by atoms with E-state index in [2.05, 4.69) is 46.8 Å². The van der Waals surface area contributed by atoms with Crippen molar-refractivity contribution in [2.24, 2.45) is 0 Å². The molecule has 7 nitrogen and oxygen atoms in total. The second-order valence-corrected chi connectivity index (χ2v) is 11.8. The third-order valence-electron chi connectivity index (χ3n) is 6.21. The maximum atomic E-state index is 13.0. The molecule has 1 fully saturated rings. The first-order chi connectivity index (χ1) is 17.1. The Balaban J connectivity index is 2.04. The average Bonchev–Trinajstić information content (AvgIpc) is 2.84. The molecule has 1 aromatic rings. The number of methoxy groups -OCH3 is 2. The zero-order valence-electron chi connectivity index (χ0n) is 22.7. The molecule has 0 spiro atoms. The number of hydrogen-bond donors (Lipinski definition) is 0. The summed E-state index contributed by atoms with van der Waals surface area (Å²) in [5.74, 6) is 0.716. The smallest absolute Gasteiger partial charge is 0.266 e. The van der Waals surface area contributed by atoms with Gasteiger partial charge < -0.3 is 23.7 Å². The van der Waals surface area contributed by atoms with E-state index in [-0.39, 0.29) is 36.6 Å². The first-order valence-corrected chi connectivity index (χ1v) is 13.3. The Morgan fingerprint density at radius 2 is 1.86 bits per heavy atom. The molecule has 200 valence electrons. The molecule has 8 heteroatoms. The monoisotopic (exact) mass is 519 g/mol. The van der Waals surface area contributed by atoms with Gasteiger partial charge in [-0.05, 0) is 53.9 Å². The maximum Gasteiger partial charge on any atom is 0.266 e. The summed E-state index contributed by atoms with van der Waals surface area (Å²) in [6.45, 7) is 12.3. The molecular weight excluding hydrogens is 478 g/mol. The molecule has 0 bridgehead atoms. The molecule has 0 aliphatic carbocycles. The Hall–Kier alpha value is -1.84. The fraction of sp³-hybridized carbons (Fsp3) is 0.607. The standard InChI is InChI=1S/C28H41NO6S/c1-27(2,3)21-14-20(16-23-26(30)29(18-31-6)11-13-36-23)15-22(25(21)35-19-32-7)28(4,5)17-34-24-10-8-9-12-33-24/h11,13-16,24H,8-10,12,17-19H2,1-7H3. The van der Waals surface area contributed by atoms with Crippen LogP contribution in [0.5, 0.6) is 5.75 Å². The minimum Gasteiger partial charge on any atom is -0.467 e. The summed E-state index contributed by atoms with van der Waals surface area (Å²) in [6.07, 6.45) is 6.62. The minimum atomic E-state index is -0.385. The molecule has 0 radical (unpaired) electrons. The summed E-state index contributed by atoms with van der Waals surface area (Å²) in [7, 11) is 3.20. The largest absolute Gasteiger partial charge is 0.467 e. The van der Waals surface area contributed by atoms with E-state index in [0.717, 1.165) is 48.3 Å². The molecule has 36 heavy (non-hydrogen) atoms. The molecule has 1 unspecified atom stereocenters. The van der Waals surface area contributed by atoms with E-state index in [0.29, 0.717) is 11.5 Å². The Labute approximate surface area is 220 Å². The molecule has 2 aliphatic rings. The lowest BCUT2D eigenvalue weighted by Crippen LogP contribution is -2.32. The maximum absolute atomic E-state index is 13.0. The van der Waals surface area contributed by atoms with Crippen LogP contribution < -0.4 is 4.74 Å². The molecule has 3 rings (SSSR count). The number of thioether (sulfide) groups is 1. The molecule has 0 aromatic heterocycles. The van der Waals surface area contributed by atoms with E-state index in [1.165, 1.54) is 11.8 Å². The molecule has 2 aliphatic heterocycles. The second kappa shape index (κ2) is 12.6. The van der Waals surface area contributed by atoms with Gasteiger partial charge in [0.15, 0.2) is 13.1 Å². The van der Waals surface area contributed by atoms with Gasteiger partial charge in [-0.2, -0.15) is 0 Å². The highest BCUT2D eigenvalue weighted by Crippen LogP contribution is 2.42. The van der Waals surface area contributed by atoms with Crippen molar-refractivity contribution >= 4 is 23.7 Å². The van der Waals surface area contributed by atoms with Crippen LogP contribution in [0.4, 0.5) is 0 Å². The molecule has 1 aromatic carbocycles. The van der Waals surface area contributed by atoms with E-state index in [4.69, 9.17) is 23.7 Å². The minimum absolute atomic E-state index is 0.0834. The first kappa shape index (κ1) is 28.7. The van der Waals surface area contributed by atoms with Gasteiger partial charge in [-0.15, -0.1) is 0 Å². The van der Waals surface area contributed by atoms with Crippen molar-refractivity contribution < 1.29 is 28.5 Å². The highest BCUT2D eigenvalue weighted by atomic mass is 32.2. The second-order valence-electron chi connectivity index (χ2n) is 10.8. The van der Waals surface area contributed by atoms with Crippen molar-refractivity contribution in [2.45, 2.75) is 71.0 Å². The predicted octanol–water partition coefficient (Wildman–Crippen LogP) is 5.78. The van der Waals surface area contributed by atoms with Gasteiger partial charge in [-0.25, -0.2) is 0 Å². The summed E-state index contributed by atoms with van der Waals surface area (Å²) >= 11 is 1.41. The Morgan fingerprint density at radius 1 is 1.11 bits per heavy atom. The van der Waals surface area contributed by atoms with Crippen LogP contribution in [0.2, 0.25) is 0 Å². The van der Waals surface area contributed by atoms with Crippen LogP contribution in [0, 0.1) is 0 Å². The van der Waals surface area contributed by atoms with Crippen LogP contribution in [-0.4, -0.2) is 58.1 Å². The molecule has 1 amide bonds. The predicted molar refractivity (Wildman–Crippen MR) is 144 cm³/mol. The van der Waals surface area contributed by atoms with Crippen molar-refractivity contribution in [3.05, 3.63) is 45.3 Å². The van der Waals surface area contributed by atoms with E-state index in [9.17, 15) is 4.79 Å². The van der Waals surface area contributed by atoms with Gasteiger partial charge in [-0.1, -0.05) is 46.4 Å². The number of carbonyl (C=O) groups excluding carboxylic acids is 1. The van der Waals surface area contributed by atoms with Gasteiger partial charge in [0, 0.05) is 43.6 Å². The fourth-order valence-electron chi connectivity index (χ4n) is 4.21. The van der Waals surface area contributed by atoms with E-state index in [1.54, 1.807) is 25.3 Å². The van der Waals surface area contributed by atoms with Crippen LogP contribution in [0.3, 0.4) is 0 Å². The van der Waals surface area contributed by atoms with Gasteiger partial charge in [0.2, 0.25) is 0 Å². The van der Waals surface area contributed by atoms with Crippen molar-refractivity contribution in [1.82, 2.24) is 4.90 Å². The highest BCUT2D eigenvalue weighted by molar-refractivity contribution is 8.06. The third-order valence-corrected chi connectivity index (χ3v) is 7.02. The summed E-state index contributed by atoms with van der Waals surface area (Å²) in [6, 6.07) is 4.21. The first-order valence-electron chi connectivity index (χ1n) is 12.5. The van der Waals surface area contributed by atoms with Crippen LogP contribution in [-0.2, 0) is 34.6 Å². The van der Waals surface area contributed by atoms with E-state index in [1.807, 2.05) is 11.5 Å².